The van der Waals surface area contributed by atoms with Crippen molar-refractivity contribution in [2.24, 2.45) is 5.84 Å². The number of hydrogen-bond acceptors (Lipinski definition) is 2. The quantitative estimate of drug-likeness (QED) is 0.511. The summed E-state index contributed by atoms with van der Waals surface area (Å²) in [5.41, 5.74) is 1.57. The van der Waals surface area contributed by atoms with Gasteiger partial charge in [0.1, 0.15) is 23.3 Å². The van der Waals surface area contributed by atoms with Gasteiger partial charge in [-0.2, -0.15) is 0 Å². The molecule has 6 heteroatoms. The van der Waals surface area contributed by atoms with Crippen LogP contribution in [0.15, 0.2) is 36.4 Å². The second kappa shape index (κ2) is 5.38. The molecule has 1 unspecified atom stereocenters. The van der Waals surface area contributed by atoms with Gasteiger partial charge >= 0.3 is 0 Å². The van der Waals surface area contributed by atoms with Gasteiger partial charge in [-0.25, -0.2) is 23.0 Å². The summed E-state index contributed by atoms with van der Waals surface area (Å²) >= 11 is 0. The van der Waals surface area contributed by atoms with Gasteiger partial charge < -0.3 is 0 Å². The van der Waals surface area contributed by atoms with Crippen LogP contribution in [0.1, 0.15) is 17.2 Å². The van der Waals surface area contributed by atoms with Gasteiger partial charge in [0.2, 0.25) is 0 Å². The fourth-order valence-electron chi connectivity index (χ4n) is 1.85. The highest BCUT2D eigenvalue weighted by Gasteiger charge is 2.23. The number of hydrazine groups is 1. The Morgan fingerprint density at radius 1 is 0.895 bits per heavy atom. The van der Waals surface area contributed by atoms with Crippen molar-refractivity contribution in [1.29, 1.82) is 0 Å². The second-order valence-corrected chi connectivity index (χ2v) is 3.90. The van der Waals surface area contributed by atoms with Gasteiger partial charge in [-0.1, -0.05) is 12.1 Å². The average Bonchev–Trinajstić information content (AvgIpc) is 2.35. The van der Waals surface area contributed by atoms with E-state index in [2.05, 4.69) is 5.43 Å². The first-order valence-corrected chi connectivity index (χ1v) is 5.39. The van der Waals surface area contributed by atoms with Gasteiger partial charge in [0.05, 0.1) is 6.04 Å². The summed E-state index contributed by atoms with van der Waals surface area (Å²) < 4.78 is 53.8. The third-order valence-corrected chi connectivity index (χ3v) is 2.73. The molecule has 0 aliphatic carbocycles. The largest absolute Gasteiger partial charge is 0.271 e. The zero-order chi connectivity index (χ0) is 14.0. The molecule has 3 N–H and O–H groups in total. The number of benzene rings is 2. The molecule has 2 rings (SSSR count). The molecular weight excluding hydrogens is 260 g/mol. The Hall–Kier alpha value is -1.92. The predicted octanol–water partition coefficient (Wildman–Crippen LogP) is 2.80. The average molecular weight is 270 g/mol. The Morgan fingerprint density at radius 3 is 2.05 bits per heavy atom. The molecule has 0 fully saturated rings. The van der Waals surface area contributed by atoms with Crippen LogP contribution in [0.4, 0.5) is 17.6 Å². The van der Waals surface area contributed by atoms with Gasteiger partial charge in [0.15, 0.2) is 0 Å². The Balaban J connectivity index is 2.56. The van der Waals surface area contributed by atoms with Crippen molar-refractivity contribution in [3.63, 3.8) is 0 Å². The molecule has 0 aliphatic heterocycles. The lowest BCUT2D eigenvalue weighted by Crippen LogP contribution is -2.31. The summed E-state index contributed by atoms with van der Waals surface area (Å²) in [6, 6.07) is 4.69. The van der Waals surface area contributed by atoms with Crippen molar-refractivity contribution < 1.29 is 17.6 Å². The molecule has 0 saturated carbocycles. The Morgan fingerprint density at radius 2 is 1.53 bits per heavy atom. The van der Waals surface area contributed by atoms with Crippen LogP contribution >= 0.6 is 0 Å². The van der Waals surface area contributed by atoms with Crippen molar-refractivity contribution in [2.75, 3.05) is 0 Å². The summed E-state index contributed by atoms with van der Waals surface area (Å²) in [6.45, 7) is 0. The van der Waals surface area contributed by atoms with E-state index in [0.29, 0.717) is 6.07 Å². The molecular formula is C13H10F4N2. The number of hydrogen-bond donors (Lipinski definition) is 2. The molecule has 0 radical (unpaired) electrons. The fraction of sp³-hybridized carbons (Fsp3) is 0.0769. The van der Waals surface area contributed by atoms with Crippen LogP contribution in [-0.4, -0.2) is 0 Å². The molecule has 0 aromatic heterocycles. The number of nitrogens with two attached hydrogens (primary N) is 1. The minimum Gasteiger partial charge on any atom is -0.271 e. The van der Waals surface area contributed by atoms with Crippen LogP contribution in [0.5, 0.6) is 0 Å². The predicted molar refractivity (Wildman–Crippen MR) is 61.9 cm³/mol. The smallest absolute Gasteiger partial charge is 0.131 e. The zero-order valence-corrected chi connectivity index (χ0v) is 9.63. The van der Waals surface area contributed by atoms with E-state index >= 15 is 0 Å². The molecule has 0 saturated heterocycles. The molecule has 0 spiro atoms. The van der Waals surface area contributed by atoms with Crippen molar-refractivity contribution in [1.82, 2.24) is 5.43 Å². The molecule has 2 aromatic rings. The summed E-state index contributed by atoms with van der Waals surface area (Å²) in [5.74, 6) is 1.77. The summed E-state index contributed by atoms with van der Waals surface area (Å²) in [4.78, 5) is 0. The maximum absolute atomic E-state index is 13.7. The van der Waals surface area contributed by atoms with Crippen LogP contribution < -0.4 is 11.3 Å². The molecule has 0 bridgehead atoms. The minimum absolute atomic E-state index is 0.145. The first-order valence-electron chi connectivity index (χ1n) is 5.39. The molecule has 2 nitrogen and oxygen atoms in total. The highest BCUT2D eigenvalue weighted by Crippen LogP contribution is 2.28. The van der Waals surface area contributed by atoms with E-state index in [-0.39, 0.29) is 5.56 Å². The first-order chi connectivity index (χ1) is 9.04. The molecule has 1 atom stereocenters. The minimum atomic E-state index is -1.25. The molecule has 2 aromatic carbocycles. The van der Waals surface area contributed by atoms with E-state index < -0.39 is 34.9 Å². The second-order valence-electron chi connectivity index (χ2n) is 3.90. The third kappa shape index (κ3) is 2.59. The summed E-state index contributed by atoms with van der Waals surface area (Å²) in [5, 5.41) is 0. The maximum atomic E-state index is 13.7. The van der Waals surface area contributed by atoms with E-state index in [9.17, 15) is 17.6 Å². The Kier molecular flexibility index (Phi) is 3.82. The monoisotopic (exact) mass is 270 g/mol. The molecule has 0 heterocycles. The highest BCUT2D eigenvalue weighted by molar-refractivity contribution is 5.34. The van der Waals surface area contributed by atoms with Crippen LogP contribution in [0.2, 0.25) is 0 Å². The SMILES string of the molecule is NNC(c1ccc(F)cc1F)c1c(F)cccc1F. The lowest BCUT2D eigenvalue weighted by atomic mass is 9.97. The van der Waals surface area contributed by atoms with Crippen molar-refractivity contribution in [3.8, 4) is 0 Å². The van der Waals surface area contributed by atoms with Gasteiger partial charge in [-0.15, -0.1) is 0 Å². The van der Waals surface area contributed by atoms with Crippen LogP contribution in [0, 0.1) is 23.3 Å². The zero-order valence-electron chi connectivity index (χ0n) is 9.63. The lowest BCUT2D eigenvalue weighted by Gasteiger charge is -2.18. The van der Waals surface area contributed by atoms with Crippen LogP contribution in [0.3, 0.4) is 0 Å². The number of halogens is 4. The standard InChI is InChI=1S/C13H10F4N2/c14-7-4-5-8(11(17)6-7)13(19-18)12-9(15)2-1-3-10(12)16/h1-6,13,19H,18H2. The number of rotatable bonds is 3. The normalized spacial score (nSPS) is 12.5. The van der Waals surface area contributed by atoms with Crippen molar-refractivity contribution >= 4 is 0 Å². The van der Waals surface area contributed by atoms with Gasteiger partial charge in [0.25, 0.3) is 0 Å². The van der Waals surface area contributed by atoms with E-state index in [1.54, 1.807) is 0 Å². The van der Waals surface area contributed by atoms with Gasteiger partial charge in [-0.3, -0.25) is 5.84 Å². The van der Waals surface area contributed by atoms with Gasteiger partial charge in [-0.05, 0) is 18.2 Å². The van der Waals surface area contributed by atoms with E-state index in [4.69, 9.17) is 5.84 Å². The summed E-state index contributed by atoms with van der Waals surface area (Å²) in [7, 11) is 0. The molecule has 0 aliphatic rings. The fourth-order valence-corrected chi connectivity index (χ4v) is 1.85. The van der Waals surface area contributed by atoms with Crippen molar-refractivity contribution in [2.45, 2.75) is 6.04 Å². The first kappa shape index (κ1) is 13.5. The van der Waals surface area contributed by atoms with Crippen LogP contribution in [-0.2, 0) is 0 Å². The molecule has 19 heavy (non-hydrogen) atoms. The summed E-state index contributed by atoms with van der Waals surface area (Å²) in [6.07, 6.45) is 0. The third-order valence-electron chi connectivity index (χ3n) is 2.73. The lowest BCUT2D eigenvalue weighted by molar-refractivity contribution is 0.492. The van der Waals surface area contributed by atoms with Gasteiger partial charge in [0, 0.05) is 17.2 Å². The van der Waals surface area contributed by atoms with E-state index in [0.717, 1.165) is 24.3 Å². The maximum Gasteiger partial charge on any atom is 0.131 e. The topological polar surface area (TPSA) is 38.0 Å². The van der Waals surface area contributed by atoms with E-state index in [1.807, 2.05) is 0 Å². The molecule has 100 valence electrons. The van der Waals surface area contributed by atoms with Crippen LogP contribution in [0.25, 0.3) is 0 Å². The Labute approximate surface area is 106 Å². The highest BCUT2D eigenvalue weighted by atomic mass is 19.1. The number of nitrogens with one attached hydrogen (secondary N) is 1. The Bertz CT molecular complexity index is 581. The molecule has 0 amide bonds. The van der Waals surface area contributed by atoms with Crippen molar-refractivity contribution in [3.05, 3.63) is 70.8 Å². The van der Waals surface area contributed by atoms with E-state index in [1.165, 1.54) is 6.07 Å².